The van der Waals surface area contributed by atoms with E-state index in [1.54, 1.807) is 41.3 Å². The maximum atomic E-state index is 13.0. The largest absolute Gasteiger partial charge is 0.496 e. The third kappa shape index (κ3) is 5.31. The van der Waals surface area contributed by atoms with Gasteiger partial charge in [0, 0.05) is 13.1 Å². The Bertz CT molecular complexity index is 746. The number of para-hydroxylation sites is 1. The van der Waals surface area contributed by atoms with Crippen LogP contribution < -0.4 is 4.74 Å². The van der Waals surface area contributed by atoms with Crippen molar-refractivity contribution in [1.82, 2.24) is 4.90 Å². The molecule has 1 amide bonds. The lowest BCUT2D eigenvalue weighted by atomic mass is 10.1. The van der Waals surface area contributed by atoms with Crippen LogP contribution in [0.15, 0.2) is 48.5 Å². The van der Waals surface area contributed by atoms with Crippen LogP contribution in [0.4, 0.5) is 4.39 Å². The Morgan fingerprint density at radius 3 is 2.35 bits per heavy atom. The molecule has 138 valence electrons. The second kappa shape index (κ2) is 9.56. The van der Waals surface area contributed by atoms with Crippen LogP contribution in [0.3, 0.4) is 0 Å². The van der Waals surface area contributed by atoms with Crippen molar-refractivity contribution in [2.75, 3.05) is 27.3 Å². The SMILES string of the molecule is COC(=O)CCN(CCc1ccc(F)cc1)C(=O)c1ccccc1OC. The van der Waals surface area contributed by atoms with E-state index < -0.39 is 0 Å². The summed E-state index contributed by atoms with van der Waals surface area (Å²) < 4.78 is 23.0. The number of esters is 1. The molecule has 0 atom stereocenters. The molecule has 0 aliphatic rings. The molecule has 5 nitrogen and oxygen atoms in total. The van der Waals surface area contributed by atoms with E-state index in [0.717, 1.165) is 5.56 Å². The number of ether oxygens (including phenoxy) is 2. The molecule has 0 aliphatic heterocycles. The lowest BCUT2D eigenvalue weighted by Crippen LogP contribution is -2.35. The van der Waals surface area contributed by atoms with Crippen molar-refractivity contribution in [1.29, 1.82) is 0 Å². The minimum absolute atomic E-state index is 0.0980. The van der Waals surface area contributed by atoms with Crippen LogP contribution in [0.5, 0.6) is 5.75 Å². The lowest BCUT2D eigenvalue weighted by molar-refractivity contribution is -0.140. The molecule has 0 radical (unpaired) electrons. The number of hydrogen-bond acceptors (Lipinski definition) is 4. The molecule has 0 aromatic heterocycles. The number of halogens is 1. The molecule has 0 bridgehead atoms. The van der Waals surface area contributed by atoms with E-state index in [0.29, 0.717) is 24.3 Å². The molecular weight excluding hydrogens is 337 g/mol. The molecule has 6 heteroatoms. The van der Waals surface area contributed by atoms with Gasteiger partial charge in [0.2, 0.25) is 0 Å². The average Bonchev–Trinajstić information content (AvgIpc) is 2.68. The smallest absolute Gasteiger partial charge is 0.307 e. The highest BCUT2D eigenvalue weighted by Crippen LogP contribution is 2.20. The van der Waals surface area contributed by atoms with Crippen molar-refractivity contribution in [3.63, 3.8) is 0 Å². The Kier molecular flexibility index (Phi) is 7.14. The standard InChI is InChI=1S/C20H22FNO4/c1-25-18-6-4-3-5-17(18)20(24)22(14-12-19(23)26-2)13-11-15-7-9-16(21)10-8-15/h3-10H,11-14H2,1-2H3. The highest BCUT2D eigenvalue weighted by Gasteiger charge is 2.20. The number of carbonyl (C=O) groups excluding carboxylic acids is 2. The number of nitrogens with zero attached hydrogens (tertiary/aromatic N) is 1. The number of rotatable bonds is 8. The monoisotopic (exact) mass is 359 g/mol. The number of amides is 1. The van der Waals surface area contributed by atoms with Gasteiger partial charge in [0.05, 0.1) is 26.2 Å². The normalized spacial score (nSPS) is 10.3. The topological polar surface area (TPSA) is 55.8 Å². The zero-order chi connectivity index (χ0) is 18.9. The molecule has 26 heavy (non-hydrogen) atoms. The fourth-order valence-corrected chi connectivity index (χ4v) is 2.55. The highest BCUT2D eigenvalue weighted by atomic mass is 19.1. The van der Waals surface area contributed by atoms with Gasteiger partial charge in [-0.05, 0) is 36.2 Å². The summed E-state index contributed by atoms with van der Waals surface area (Å²) in [5.41, 5.74) is 1.33. The molecule has 2 rings (SSSR count). The Hall–Kier alpha value is -2.89. The minimum atomic E-state index is -0.385. The minimum Gasteiger partial charge on any atom is -0.496 e. The van der Waals surface area contributed by atoms with Crippen molar-refractivity contribution >= 4 is 11.9 Å². The first kappa shape index (κ1) is 19.4. The summed E-state index contributed by atoms with van der Waals surface area (Å²) in [4.78, 5) is 26.0. The predicted molar refractivity (Wildman–Crippen MR) is 95.6 cm³/mol. The quantitative estimate of drug-likeness (QED) is 0.680. The fourth-order valence-electron chi connectivity index (χ4n) is 2.55. The molecule has 0 heterocycles. The molecule has 0 N–H and O–H groups in total. The molecule has 0 unspecified atom stereocenters. The zero-order valence-corrected chi connectivity index (χ0v) is 14.9. The molecule has 2 aromatic rings. The first-order chi connectivity index (χ1) is 12.5. The van der Waals surface area contributed by atoms with Gasteiger partial charge in [0.15, 0.2) is 0 Å². The van der Waals surface area contributed by atoms with Gasteiger partial charge in [0.25, 0.3) is 5.91 Å². The average molecular weight is 359 g/mol. The van der Waals surface area contributed by atoms with Crippen LogP contribution in [0, 0.1) is 5.82 Å². The third-order valence-electron chi connectivity index (χ3n) is 4.02. The van der Waals surface area contributed by atoms with Crippen molar-refractivity contribution in [2.45, 2.75) is 12.8 Å². The second-order valence-electron chi connectivity index (χ2n) is 5.70. The van der Waals surface area contributed by atoms with Crippen molar-refractivity contribution < 1.29 is 23.5 Å². The summed E-state index contributed by atoms with van der Waals surface area (Å²) in [5.74, 6) is -0.443. The Morgan fingerprint density at radius 2 is 1.69 bits per heavy atom. The lowest BCUT2D eigenvalue weighted by Gasteiger charge is -2.23. The van der Waals surface area contributed by atoms with Crippen LogP contribution >= 0.6 is 0 Å². The molecular formula is C20H22FNO4. The predicted octanol–water partition coefficient (Wildman–Crippen LogP) is 3.08. The van der Waals surface area contributed by atoms with Gasteiger partial charge in [-0.25, -0.2) is 4.39 Å². The molecule has 0 saturated carbocycles. The van der Waals surface area contributed by atoms with Gasteiger partial charge >= 0.3 is 5.97 Å². The summed E-state index contributed by atoms with van der Waals surface area (Å²) >= 11 is 0. The molecule has 0 spiro atoms. The van der Waals surface area contributed by atoms with Crippen molar-refractivity contribution in [3.8, 4) is 5.75 Å². The molecule has 0 fully saturated rings. The van der Waals surface area contributed by atoms with Gasteiger partial charge in [-0.15, -0.1) is 0 Å². The Morgan fingerprint density at radius 1 is 1.00 bits per heavy atom. The van der Waals surface area contributed by atoms with Crippen LogP contribution in [0.1, 0.15) is 22.3 Å². The summed E-state index contributed by atoms with van der Waals surface area (Å²) in [7, 11) is 2.82. The van der Waals surface area contributed by atoms with Gasteiger partial charge in [-0.2, -0.15) is 0 Å². The maximum Gasteiger partial charge on any atom is 0.307 e. The summed E-state index contributed by atoms with van der Waals surface area (Å²) in [6.07, 6.45) is 0.642. The maximum absolute atomic E-state index is 13.0. The molecule has 0 saturated heterocycles. The first-order valence-electron chi connectivity index (χ1n) is 8.28. The van der Waals surface area contributed by atoms with Gasteiger partial charge in [-0.3, -0.25) is 9.59 Å². The second-order valence-corrected chi connectivity index (χ2v) is 5.70. The van der Waals surface area contributed by atoms with E-state index in [1.165, 1.54) is 26.4 Å². The summed E-state index contributed by atoms with van der Waals surface area (Å²) in [6.45, 7) is 0.615. The van der Waals surface area contributed by atoms with E-state index in [9.17, 15) is 14.0 Å². The van der Waals surface area contributed by atoms with Crippen LogP contribution in [0.25, 0.3) is 0 Å². The van der Waals surface area contributed by atoms with Crippen molar-refractivity contribution in [3.05, 3.63) is 65.5 Å². The Balaban J connectivity index is 2.14. The van der Waals surface area contributed by atoms with Gasteiger partial charge in [-0.1, -0.05) is 24.3 Å². The van der Waals surface area contributed by atoms with Crippen molar-refractivity contribution in [2.24, 2.45) is 0 Å². The van der Waals surface area contributed by atoms with Crippen LogP contribution in [-0.4, -0.2) is 44.1 Å². The third-order valence-corrected chi connectivity index (χ3v) is 4.02. The highest BCUT2D eigenvalue weighted by molar-refractivity contribution is 5.97. The van der Waals surface area contributed by atoms with Crippen LogP contribution in [-0.2, 0) is 16.0 Å². The van der Waals surface area contributed by atoms with Crippen LogP contribution in [0.2, 0.25) is 0 Å². The van der Waals surface area contributed by atoms with E-state index in [4.69, 9.17) is 4.74 Å². The number of methoxy groups -OCH3 is 2. The number of carbonyl (C=O) groups is 2. The van der Waals surface area contributed by atoms with Gasteiger partial charge in [0.1, 0.15) is 11.6 Å². The Labute approximate surface area is 152 Å². The molecule has 2 aromatic carbocycles. The summed E-state index contributed by atoms with van der Waals surface area (Å²) in [6, 6.07) is 13.1. The fraction of sp³-hybridized carbons (Fsp3) is 0.300. The van der Waals surface area contributed by atoms with E-state index >= 15 is 0 Å². The molecule has 0 aliphatic carbocycles. The van der Waals surface area contributed by atoms with E-state index in [-0.39, 0.29) is 30.7 Å². The van der Waals surface area contributed by atoms with Gasteiger partial charge < -0.3 is 14.4 Å². The van der Waals surface area contributed by atoms with E-state index in [1.807, 2.05) is 0 Å². The number of hydrogen-bond donors (Lipinski definition) is 0. The first-order valence-corrected chi connectivity index (χ1v) is 8.28. The summed E-state index contributed by atoms with van der Waals surface area (Å²) in [5, 5.41) is 0. The van der Waals surface area contributed by atoms with E-state index in [2.05, 4.69) is 4.74 Å². The number of benzene rings is 2. The zero-order valence-electron chi connectivity index (χ0n) is 14.9.